The van der Waals surface area contributed by atoms with Crippen LogP contribution in [-0.4, -0.2) is 33.9 Å². The van der Waals surface area contributed by atoms with E-state index in [9.17, 15) is 14.7 Å². The normalized spacial score (nSPS) is 13.9. The molecular weight excluding hydrogens is 326 g/mol. The fraction of sp³-hybridized carbons (Fsp3) is 0.263. The number of carbonyl (C=O) groups excluding carboxylic acids is 1. The van der Waals surface area contributed by atoms with Crippen LogP contribution in [0.15, 0.2) is 48.5 Å². The third-order valence-electron chi connectivity index (χ3n) is 4.61. The summed E-state index contributed by atoms with van der Waals surface area (Å²) in [6.45, 7) is 1.97. The maximum Gasteiger partial charge on any atom is 0.407 e. The summed E-state index contributed by atoms with van der Waals surface area (Å²) >= 11 is 5.62. The van der Waals surface area contributed by atoms with Crippen LogP contribution in [0, 0.1) is 0 Å². The summed E-state index contributed by atoms with van der Waals surface area (Å²) in [6, 6.07) is 15.2. The van der Waals surface area contributed by atoms with Crippen molar-refractivity contribution in [3.05, 3.63) is 59.7 Å². The van der Waals surface area contributed by atoms with E-state index in [1.165, 1.54) is 4.90 Å². The van der Waals surface area contributed by atoms with Crippen LogP contribution in [0.4, 0.5) is 4.79 Å². The molecule has 2 aromatic carbocycles. The van der Waals surface area contributed by atoms with Gasteiger partial charge in [0.1, 0.15) is 6.04 Å². The number of carbonyl (C=O) groups is 2. The molecule has 4 nitrogen and oxygen atoms in total. The molecule has 1 N–H and O–H groups in total. The standard InChI is InChI=1S/C19H18ClNO3/c1-2-17(18(20)22)21(19(23)24)11-16-14-9-5-3-7-12(14)13-8-4-6-10-15(13)16/h3-10,16-17H,2,11H2,1H3,(H,23,24)/t17-/m1/s1. The van der Waals surface area contributed by atoms with Crippen molar-refractivity contribution >= 4 is 22.9 Å². The molecule has 0 bridgehead atoms. The molecule has 1 aliphatic carbocycles. The van der Waals surface area contributed by atoms with Crippen LogP contribution in [0.25, 0.3) is 11.1 Å². The lowest BCUT2D eigenvalue weighted by molar-refractivity contribution is -0.116. The summed E-state index contributed by atoms with van der Waals surface area (Å²) in [5.74, 6) is -0.0985. The van der Waals surface area contributed by atoms with Crippen molar-refractivity contribution in [1.29, 1.82) is 0 Å². The molecule has 0 saturated carbocycles. The first-order valence-electron chi connectivity index (χ1n) is 7.91. The number of halogens is 1. The lowest BCUT2D eigenvalue weighted by Crippen LogP contribution is -2.44. The maximum absolute atomic E-state index is 11.7. The first kappa shape index (κ1) is 16.5. The van der Waals surface area contributed by atoms with Crippen molar-refractivity contribution in [3.63, 3.8) is 0 Å². The van der Waals surface area contributed by atoms with E-state index >= 15 is 0 Å². The second kappa shape index (κ2) is 6.65. The van der Waals surface area contributed by atoms with E-state index in [0.29, 0.717) is 6.42 Å². The highest BCUT2D eigenvalue weighted by Crippen LogP contribution is 2.45. The van der Waals surface area contributed by atoms with Crippen LogP contribution >= 0.6 is 11.6 Å². The van der Waals surface area contributed by atoms with Gasteiger partial charge in [-0.3, -0.25) is 9.69 Å². The molecule has 0 radical (unpaired) electrons. The summed E-state index contributed by atoms with van der Waals surface area (Å²) in [4.78, 5) is 24.5. The number of carboxylic acid groups (broad SMARTS) is 1. The van der Waals surface area contributed by atoms with Gasteiger partial charge < -0.3 is 5.11 Å². The number of hydrogen-bond acceptors (Lipinski definition) is 2. The summed E-state index contributed by atoms with van der Waals surface area (Å²) in [5, 5.41) is 8.96. The maximum atomic E-state index is 11.7. The topological polar surface area (TPSA) is 57.6 Å². The Morgan fingerprint density at radius 2 is 1.58 bits per heavy atom. The lowest BCUT2D eigenvalue weighted by atomic mass is 9.95. The Bertz CT molecular complexity index is 744. The Morgan fingerprint density at radius 3 is 2.00 bits per heavy atom. The molecule has 0 aliphatic heterocycles. The summed E-state index contributed by atoms with van der Waals surface area (Å²) in [5.41, 5.74) is 4.41. The van der Waals surface area contributed by atoms with Crippen LogP contribution in [-0.2, 0) is 4.79 Å². The molecule has 124 valence electrons. The van der Waals surface area contributed by atoms with Gasteiger partial charge in [-0.05, 0) is 40.3 Å². The van der Waals surface area contributed by atoms with Gasteiger partial charge in [-0.2, -0.15) is 0 Å². The second-order valence-corrected chi connectivity index (χ2v) is 6.26. The lowest BCUT2D eigenvalue weighted by Gasteiger charge is -2.29. The quantitative estimate of drug-likeness (QED) is 0.822. The van der Waals surface area contributed by atoms with Gasteiger partial charge in [-0.1, -0.05) is 55.5 Å². The minimum absolute atomic E-state index is 0.0985. The summed E-state index contributed by atoms with van der Waals surface area (Å²) in [6.07, 6.45) is -0.775. The third-order valence-corrected chi connectivity index (χ3v) is 4.86. The van der Waals surface area contributed by atoms with E-state index in [4.69, 9.17) is 11.6 Å². The smallest absolute Gasteiger partial charge is 0.407 e. The molecule has 1 atom stereocenters. The Kier molecular flexibility index (Phi) is 4.58. The Hall–Kier alpha value is -2.33. The Morgan fingerprint density at radius 1 is 1.08 bits per heavy atom. The largest absolute Gasteiger partial charge is 0.465 e. The molecule has 0 unspecified atom stereocenters. The van der Waals surface area contributed by atoms with Crippen molar-refractivity contribution in [2.24, 2.45) is 0 Å². The molecule has 1 amide bonds. The minimum Gasteiger partial charge on any atom is -0.465 e. The van der Waals surface area contributed by atoms with Gasteiger partial charge in [0.15, 0.2) is 0 Å². The van der Waals surface area contributed by atoms with Crippen LogP contribution in [0.5, 0.6) is 0 Å². The molecule has 1 aliphatic rings. The predicted molar refractivity (Wildman–Crippen MR) is 93.4 cm³/mol. The van der Waals surface area contributed by atoms with Crippen LogP contribution in [0.1, 0.15) is 30.4 Å². The number of fused-ring (bicyclic) bond motifs is 3. The molecule has 0 saturated heterocycles. The van der Waals surface area contributed by atoms with Crippen molar-refractivity contribution < 1.29 is 14.7 Å². The van der Waals surface area contributed by atoms with E-state index in [1.807, 2.05) is 48.5 Å². The number of nitrogens with zero attached hydrogens (tertiary/aromatic N) is 1. The fourth-order valence-electron chi connectivity index (χ4n) is 3.50. The highest BCUT2D eigenvalue weighted by molar-refractivity contribution is 6.64. The first-order chi connectivity index (χ1) is 11.5. The van der Waals surface area contributed by atoms with E-state index in [-0.39, 0.29) is 12.5 Å². The van der Waals surface area contributed by atoms with Gasteiger partial charge in [0.05, 0.1) is 0 Å². The summed E-state index contributed by atoms with van der Waals surface area (Å²) in [7, 11) is 0. The average molecular weight is 344 g/mol. The van der Waals surface area contributed by atoms with E-state index in [2.05, 4.69) is 0 Å². The molecule has 0 fully saturated rings. The molecule has 24 heavy (non-hydrogen) atoms. The van der Waals surface area contributed by atoms with Crippen LogP contribution in [0.2, 0.25) is 0 Å². The van der Waals surface area contributed by atoms with Gasteiger partial charge in [0.2, 0.25) is 5.24 Å². The zero-order valence-corrected chi connectivity index (χ0v) is 14.0. The molecule has 2 aromatic rings. The monoisotopic (exact) mass is 343 g/mol. The third kappa shape index (κ3) is 2.78. The number of benzene rings is 2. The highest BCUT2D eigenvalue weighted by atomic mass is 35.5. The SMILES string of the molecule is CC[C@H](C(=O)Cl)N(CC1c2ccccc2-c2ccccc21)C(=O)O. The molecule has 5 heteroatoms. The molecule has 3 rings (SSSR count). The van der Waals surface area contributed by atoms with Crippen molar-refractivity contribution in [1.82, 2.24) is 4.90 Å². The molecular formula is C19H18ClNO3. The molecule has 0 spiro atoms. The van der Waals surface area contributed by atoms with Crippen molar-refractivity contribution in [3.8, 4) is 11.1 Å². The number of rotatable bonds is 5. The van der Waals surface area contributed by atoms with Crippen molar-refractivity contribution in [2.75, 3.05) is 6.54 Å². The molecule has 0 aromatic heterocycles. The zero-order chi connectivity index (χ0) is 17.3. The average Bonchev–Trinajstić information content (AvgIpc) is 2.89. The van der Waals surface area contributed by atoms with Crippen LogP contribution in [0.3, 0.4) is 0 Å². The Balaban J connectivity index is 2.02. The van der Waals surface area contributed by atoms with Gasteiger partial charge in [-0.15, -0.1) is 0 Å². The van der Waals surface area contributed by atoms with Gasteiger partial charge in [-0.25, -0.2) is 4.79 Å². The number of hydrogen-bond donors (Lipinski definition) is 1. The highest BCUT2D eigenvalue weighted by Gasteiger charge is 2.34. The Labute approximate surface area is 145 Å². The predicted octanol–water partition coefficient (Wildman–Crippen LogP) is 4.32. The first-order valence-corrected chi connectivity index (χ1v) is 8.29. The zero-order valence-electron chi connectivity index (χ0n) is 13.3. The second-order valence-electron chi connectivity index (χ2n) is 5.89. The van der Waals surface area contributed by atoms with Gasteiger partial charge in [0, 0.05) is 12.5 Å². The minimum atomic E-state index is -1.13. The van der Waals surface area contributed by atoms with Crippen LogP contribution < -0.4 is 0 Å². The van der Waals surface area contributed by atoms with E-state index in [0.717, 1.165) is 22.3 Å². The van der Waals surface area contributed by atoms with Gasteiger partial charge in [0.25, 0.3) is 0 Å². The number of amides is 1. The van der Waals surface area contributed by atoms with Gasteiger partial charge >= 0.3 is 6.09 Å². The molecule has 0 heterocycles. The summed E-state index contributed by atoms with van der Waals surface area (Å²) < 4.78 is 0. The van der Waals surface area contributed by atoms with E-state index < -0.39 is 17.4 Å². The van der Waals surface area contributed by atoms with Crippen molar-refractivity contribution in [2.45, 2.75) is 25.3 Å². The van der Waals surface area contributed by atoms with E-state index in [1.54, 1.807) is 6.92 Å². The fourth-order valence-corrected chi connectivity index (χ4v) is 3.77.